The maximum atomic E-state index is 12.7. The zero-order valence-electron chi connectivity index (χ0n) is 9.54. The smallest absolute Gasteiger partial charge is 0.330 e. The van der Waals surface area contributed by atoms with E-state index in [0.29, 0.717) is 5.69 Å². The first-order chi connectivity index (χ1) is 7.27. The number of rotatable bonds is 3. The Morgan fingerprint density at radius 2 is 2.00 bits per heavy atom. The second kappa shape index (κ2) is 4.45. The summed E-state index contributed by atoms with van der Waals surface area (Å²) in [7, 11) is 0. The Labute approximate surface area is 92.4 Å². The molecule has 6 heteroatoms. The van der Waals surface area contributed by atoms with Gasteiger partial charge in [-0.05, 0) is 20.8 Å². The average Bonchev–Trinajstić information content (AvgIpc) is 2.47. The Kier molecular flexibility index (Phi) is 3.62. The van der Waals surface area contributed by atoms with Crippen LogP contribution in [-0.4, -0.2) is 22.5 Å². The highest BCUT2D eigenvalue weighted by Gasteiger charge is 2.41. The fourth-order valence-corrected chi connectivity index (χ4v) is 1.54. The largest absolute Gasteiger partial charge is 0.397 e. The Balaban J connectivity index is 3.11. The summed E-state index contributed by atoms with van der Waals surface area (Å²) in [6, 6.07) is 0.0408. The van der Waals surface area contributed by atoms with E-state index in [-0.39, 0.29) is 11.6 Å². The number of hydrogen-bond donors (Lipinski definition) is 1. The predicted molar refractivity (Wildman–Crippen MR) is 55.2 cm³/mol. The van der Waals surface area contributed by atoms with E-state index in [1.165, 1.54) is 10.9 Å². The van der Waals surface area contributed by atoms with Crippen molar-refractivity contribution in [3.05, 3.63) is 17.5 Å². The van der Waals surface area contributed by atoms with Crippen molar-refractivity contribution >= 4 is 0 Å². The van der Waals surface area contributed by atoms with Crippen molar-refractivity contribution in [2.45, 2.75) is 38.9 Å². The normalized spacial score (nSPS) is 14.5. The van der Waals surface area contributed by atoms with Gasteiger partial charge in [0.1, 0.15) is 0 Å². The highest BCUT2D eigenvalue weighted by Crippen LogP contribution is 2.35. The lowest BCUT2D eigenvalue weighted by atomic mass is 10.00. The van der Waals surface area contributed by atoms with E-state index in [4.69, 9.17) is 5.73 Å². The molecule has 0 aliphatic heterocycles. The van der Waals surface area contributed by atoms with Crippen LogP contribution in [0.15, 0.2) is 6.20 Å². The minimum Gasteiger partial charge on any atom is -0.330 e. The number of aryl methyl sites for hydroxylation is 1. The van der Waals surface area contributed by atoms with Gasteiger partial charge in [-0.2, -0.15) is 18.3 Å². The number of alkyl halides is 3. The third-order valence-electron chi connectivity index (χ3n) is 2.49. The van der Waals surface area contributed by atoms with Crippen LogP contribution in [0.25, 0.3) is 0 Å². The lowest BCUT2D eigenvalue weighted by Gasteiger charge is -2.17. The minimum absolute atomic E-state index is 0.0408. The molecule has 1 atom stereocenters. The number of aromatic nitrogens is 2. The van der Waals surface area contributed by atoms with E-state index >= 15 is 0 Å². The summed E-state index contributed by atoms with van der Waals surface area (Å²) >= 11 is 0. The van der Waals surface area contributed by atoms with Gasteiger partial charge < -0.3 is 5.73 Å². The molecule has 0 saturated carbocycles. The van der Waals surface area contributed by atoms with Gasteiger partial charge in [-0.1, -0.05) is 0 Å². The molecule has 0 bridgehead atoms. The first-order valence-corrected chi connectivity index (χ1v) is 5.09. The lowest BCUT2D eigenvalue weighted by Crippen LogP contribution is -2.28. The quantitative estimate of drug-likeness (QED) is 0.874. The third kappa shape index (κ3) is 2.55. The van der Waals surface area contributed by atoms with E-state index in [9.17, 15) is 13.2 Å². The van der Waals surface area contributed by atoms with Crippen molar-refractivity contribution < 1.29 is 13.2 Å². The summed E-state index contributed by atoms with van der Waals surface area (Å²) in [5.41, 5.74) is 5.75. The van der Waals surface area contributed by atoms with Crippen LogP contribution in [-0.2, 0) is 0 Å². The monoisotopic (exact) mass is 235 g/mol. The molecule has 0 spiro atoms. The van der Waals surface area contributed by atoms with E-state index in [2.05, 4.69) is 5.10 Å². The summed E-state index contributed by atoms with van der Waals surface area (Å²) in [5.74, 6) is -1.63. The van der Waals surface area contributed by atoms with Gasteiger partial charge in [-0.15, -0.1) is 0 Å². The van der Waals surface area contributed by atoms with Gasteiger partial charge >= 0.3 is 6.18 Å². The SMILES string of the molecule is Cc1nn(C(C)C)cc1C(CN)C(F)(F)F. The van der Waals surface area contributed by atoms with Crippen LogP contribution < -0.4 is 5.73 Å². The standard InChI is InChI=1S/C10H16F3N3/c1-6(2)16-5-8(7(3)15-16)9(4-14)10(11,12)13/h5-6,9H,4,14H2,1-3H3. The predicted octanol–water partition coefficient (Wildman–Crippen LogP) is 2.38. The maximum absolute atomic E-state index is 12.7. The van der Waals surface area contributed by atoms with E-state index in [1.807, 2.05) is 13.8 Å². The molecule has 0 fully saturated rings. The molecule has 0 aliphatic carbocycles. The molecule has 0 aromatic carbocycles. The van der Waals surface area contributed by atoms with E-state index in [1.54, 1.807) is 6.92 Å². The summed E-state index contributed by atoms with van der Waals surface area (Å²) in [6.07, 6.45) is -2.88. The van der Waals surface area contributed by atoms with Crippen LogP contribution in [0.1, 0.15) is 37.1 Å². The van der Waals surface area contributed by atoms with Crippen LogP contribution in [0.2, 0.25) is 0 Å². The van der Waals surface area contributed by atoms with E-state index < -0.39 is 18.6 Å². The highest BCUT2D eigenvalue weighted by molar-refractivity contribution is 5.23. The topological polar surface area (TPSA) is 43.8 Å². The van der Waals surface area contributed by atoms with Gasteiger partial charge in [0.15, 0.2) is 0 Å². The van der Waals surface area contributed by atoms with Crippen molar-refractivity contribution in [2.75, 3.05) is 6.54 Å². The Hall–Kier alpha value is -1.04. The van der Waals surface area contributed by atoms with Crippen molar-refractivity contribution in [3.8, 4) is 0 Å². The highest BCUT2D eigenvalue weighted by atomic mass is 19.4. The molecule has 2 N–H and O–H groups in total. The molecule has 1 aromatic rings. The lowest BCUT2D eigenvalue weighted by molar-refractivity contribution is -0.148. The second-order valence-corrected chi connectivity index (χ2v) is 4.07. The van der Waals surface area contributed by atoms with Crippen LogP contribution in [0.5, 0.6) is 0 Å². The summed E-state index contributed by atoms with van der Waals surface area (Å²) in [4.78, 5) is 0. The fraction of sp³-hybridized carbons (Fsp3) is 0.700. The number of halogens is 3. The van der Waals surface area contributed by atoms with Gasteiger partial charge in [-0.3, -0.25) is 4.68 Å². The fourth-order valence-electron chi connectivity index (χ4n) is 1.54. The van der Waals surface area contributed by atoms with Gasteiger partial charge in [0.2, 0.25) is 0 Å². The van der Waals surface area contributed by atoms with Crippen LogP contribution in [0.3, 0.4) is 0 Å². The van der Waals surface area contributed by atoms with E-state index in [0.717, 1.165) is 0 Å². The summed E-state index contributed by atoms with van der Waals surface area (Å²) in [5, 5.41) is 4.05. The molecule has 1 aromatic heterocycles. The third-order valence-corrected chi connectivity index (χ3v) is 2.49. The minimum atomic E-state index is -4.32. The van der Waals surface area contributed by atoms with Gasteiger partial charge in [0.05, 0.1) is 11.6 Å². The molecule has 16 heavy (non-hydrogen) atoms. The Morgan fingerprint density at radius 3 is 2.31 bits per heavy atom. The molecule has 1 unspecified atom stereocenters. The molecule has 3 nitrogen and oxygen atoms in total. The zero-order valence-corrected chi connectivity index (χ0v) is 9.54. The molecule has 0 radical (unpaired) electrons. The molecule has 1 rings (SSSR count). The van der Waals surface area contributed by atoms with Crippen LogP contribution in [0.4, 0.5) is 13.2 Å². The first-order valence-electron chi connectivity index (χ1n) is 5.09. The maximum Gasteiger partial charge on any atom is 0.397 e. The average molecular weight is 235 g/mol. The van der Waals surface area contributed by atoms with Gasteiger partial charge in [0, 0.05) is 24.3 Å². The molecule has 92 valence electrons. The number of nitrogens with zero attached hydrogens (tertiary/aromatic N) is 2. The second-order valence-electron chi connectivity index (χ2n) is 4.07. The zero-order chi connectivity index (χ0) is 12.5. The number of hydrogen-bond acceptors (Lipinski definition) is 2. The molecule has 0 amide bonds. The molecule has 1 heterocycles. The molecule has 0 saturated heterocycles. The summed E-state index contributed by atoms with van der Waals surface area (Å²) < 4.78 is 39.6. The van der Waals surface area contributed by atoms with Crippen molar-refractivity contribution in [2.24, 2.45) is 5.73 Å². The summed E-state index contributed by atoms with van der Waals surface area (Å²) in [6.45, 7) is 4.85. The molecular weight excluding hydrogens is 219 g/mol. The first kappa shape index (κ1) is 13.0. The number of nitrogens with two attached hydrogens (primary N) is 1. The molecular formula is C10H16F3N3. The van der Waals surface area contributed by atoms with Crippen molar-refractivity contribution in [1.82, 2.24) is 9.78 Å². The Bertz CT molecular complexity index is 355. The van der Waals surface area contributed by atoms with Crippen molar-refractivity contribution in [1.29, 1.82) is 0 Å². The van der Waals surface area contributed by atoms with Crippen LogP contribution in [0, 0.1) is 6.92 Å². The van der Waals surface area contributed by atoms with Gasteiger partial charge in [0.25, 0.3) is 0 Å². The van der Waals surface area contributed by atoms with Gasteiger partial charge in [-0.25, -0.2) is 0 Å². The Morgan fingerprint density at radius 1 is 1.44 bits per heavy atom. The van der Waals surface area contributed by atoms with Crippen LogP contribution >= 0.6 is 0 Å². The molecule has 0 aliphatic rings. The van der Waals surface area contributed by atoms with Crippen molar-refractivity contribution in [3.63, 3.8) is 0 Å².